The minimum Gasteiger partial charge on any atom is -0.480 e. The van der Waals surface area contributed by atoms with Crippen LogP contribution in [0.1, 0.15) is 73.6 Å². The van der Waals surface area contributed by atoms with Crippen LogP contribution in [0.3, 0.4) is 0 Å². The third kappa shape index (κ3) is 9.45. The van der Waals surface area contributed by atoms with Crippen LogP contribution in [0.2, 0.25) is 0 Å². The molecule has 0 saturated heterocycles. The van der Waals surface area contributed by atoms with E-state index in [-0.39, 0.29) is 31.8 Å². The highest BCUT2D eigenvalue weighted by atomic mass is 16.5. The van der Waals surface area contributed by atoms with E-state index in [9.17, 15) is 24.3 Å². The normalized spacial score (nSPS) is 14.1. The van der Waals surface area contributed by atoms with Crippen LogP contribution in [0, 0.1) is 0 Å². The van der Waals surface area contributed by atoms with E-state index in [0.29, 0.717) is 24.4 Å². The second kappa shape index (κ2) is 15.6. The molecule has 0 radical (unpaired) electrons. The van der Waals surface area contributed by atoms with Crippen molar-refractivity contribution in [3.05, 3.63) is 65.5 Å². The minimum atomic E-state index is -1.34. The third-order valence-electron chi connectivity index (χ3n) is 7.38. The van der Waals surface area contributed by atoms with Gasteiger partial charge in [-0.3, -0.25) is 4.79 Å². The number of hydrogen-bond donors (Lipinski definition) is 5. The van der Waals surface area contributed by atoms with Gasteiger partial charge >= 0.3 is 18.1 Å². The van der Waals surface area contributed by atoms with Gasteiger partial charge in [-0.1, -0.05) is 56.9 Å². The summed E-state index contributed by atoms with van der Waals surface area (Å²) < 4.78 is 4.95. The Labute approximate surface area is 250 Å². The van der Waals surface area contributed by atoms with Crippen molar-refractivity contribution in [3.63, 3.8) is 0 Å². The lowest BCUT2D eigenvalue weighted by Crippen LogP contribution is -2.48. The molecule has 0 unspecified atom stereocenters. The maximum atomic E-state index is 13.4. The number of rotatable bonds is 13. The smallest absolute Gasteiger partial charge is 0.407 e. The number of alkyl carbamates (subject to hydrolysis) is 1. The number of unbranched alkanes of at least 4 members (excludes halogenated alkanes) is 1. The fourth-order valence-corrected chi connectivity index (χ4v) is 4.95. The van der Waals surface area contributed by atoms with Crippen molar-refractivity contribution in [2.45, 2.75) is 77.0 Å². The van der Waals surface area contributed by atoms with Crippen molar-refractivity contribution < 1.29 is 29.0 Å². The number of aromatic amines is 1. The van der Waals surface area contributed by atoms with Crippen molar-refractivity contribution in [2.75, 3.05) is 13.2 Å². The molecule has 5 N–H and O–H groups in total. The summed E-state index contributed by atoms with van der Waals surface area (Å²) in [5, 5.41) is 17.4. The molecule has 1 aliphatic carbocycles. The predicted octanol–water partition coefficient (Wildman–Crippen LogP) is 4.32. The number of nitrogens with zero attached hydrogens (tertiary/aromatic N) is 2. The molecule has 1 aliphatic rings. The Balaban J connectivity index is 1.37. The number of imidazole rings is 1. The Morgan fingerprint density at radius 1 is 1.05 bits per heavy atom. The van der Waals surface area contributed by atoms with E-state index in [1.807, 2.05) is 31.2 Å². The Bertz CT molecular complexity index is 1350. The molecule has 0 spiro atoms. The van der Waals surface area contributed by atoms with Crippen LogP contribution in [0.4, 0.5) is 9.59 Å². The zero-order chi connectivity index (χ0) is 30.6. The molecule has 0 aliphatic heterocycles. The van der Waals surface area contributed by atoms with Gasteiger partial charge in [0.2, 0.25) is 0 Å². The summed E-state index contributed by atoms with van der Waals surface area (Å²) in [4.78, 5) is 59.1. The number of fused-ring (bicyclic) bond motifs is 1. The molecule has 3 aromatic rings. The van der Waals surface area contributed by atoms with Gasteiger partial charge in [0.05, 0.1) is 24.2 Å². The summed E-state index contributed by atoms with van der Waals surface area (Å²) in [6.45, 7) is 2.39. The predicted molar refractivity (Wildman–Crippen MR) is 160 cm³/mol. The van der Waals surface area contributed by atoms with Gasteiger partial charge < -0.3 is 35.7 Å². The standard InChI is InChI=1S/C31H40N6O6/c1-2-3-17-43-31(42)36-26(29(39)40)18-32-28(38)22-15-13-21(14-16-22)19-37(30(41)33-23-9-5-4-6-10-23)20-27-34-24-11-7-8-12-25(24)35-27/h7-8,11-16,23,26H,2-6,9-10,17-20H2,1H3,(H,32,38)(H,33,41)(H,34,35)(H,36,42)(H,39,40)/t26-/m0/s1. The zero-order valence-electron chi connectivity index (χ0n) is 24.4. The third-order valence-corrected chi connectivity index (χ3v) is 7.38. The quantitative estimate of drug-likeness (QED) is 0.184. The van der Waals surface area contributed by atoms with Crippen LogP contribution in [0.15, 0.2) is 48.5 Å². The van der Waals surface area contributed by atoms with Gasteiger partial charge in [0.25, 0.3) is 5.91 Å². The molecule has 4 amide bonds. The molecule has 1 fully saturated rings. The molecule has 1 saturated carbocycles. The number of carboxylic acids is 1. The van der Waals surface area contributed by atoms with E-state index in [0.717, 1.165) is 48.7 Å². The molecule has 1 atom stereocenters. The topological polar surface area (TPSA) is 166 Å². The van der Waals surface area contributed by atoms with E-state index in [1.165, 1.54) is 6.42 Å². The molecular formula is C31H40N6O6. The largest absolute Gasteiger partial charge is 0.480 e. The number of carboxylic acid groups (broad SMARTS) is 1. The lowest BCUT2D eigenvalue weighted by Gasteiger charge is -2.28. The molecule has 43 heavy (non-hydrogen) atoms. The zero-order valence-corrected chi connectivity index (χ0v) is 24.4. The SMILES string of the molecule is CCCCOC(=O)N[C@@H](CNC(=O)c1ccc(CN(Cc2nc3ccccc3[nH]2)C(=O)NC2CCCCC2)cc1)C(=O)O. The monoisotopic (exact) mass is 592 g/mol. The van der Waals surface area contributed by atoms with Crippen LogP contribution in [0.25, 0.3) is 11.0 Å². The number of benzene rings is 2. The lowest BCUT2D eigenvalue weighted by molar-refractivity contribution is -0.139. The Hall–Kier alpha value is -4.61. The van der Waals surface area contributed by atoms with E-state index in [1.54, 1.807) is 29.2 Å². The first kappa shape index (κ1) is 31.3. The van der Waals surface area contributed by atoms with E-state index >= 15 is 0 Å². The van der Waals surface area contributed by atoms with Gasteiger partial charge in [0, 0.05) is 24.7 Å². The van der Waals surface area contributed by atoms with Crippen molar-refractivity contribution in [1.82, 2.24) is 30.8 Å². The van der Waals surface area contributed by atoms with Crippen molar-refractivity contribution in [1.29, 1.82) is 0 Å². The van der Waals surface area contributed by atoms with E-state index in [2.05, 4.69) is 25.9 Å². The van der Waals surface area contributed by atoms with Gasteiger partial charge in [0.1, 0.15) is 11.9 Å². The summed E-state index contributed by atoms with van der Waals surface area (Å²) in [6, 6.07) is 13.1. The number of H-pyrrole nitrogens is 1. The maximum Gasteiger partial charge on any atom is 0.407 e. The number of urea groups is 1. The summed E-state index contributed by atoms with van der Waals surface area (Å²) in [7, 11) is 0. The number of aliphatic carboxylic acids is 1. The molecule has 1 heterocycles. The van der Waals surface area contributed by atoms with Crippen molar-refractivity contribution >= 4 is 35.0 Å². The van der Waals surface area contributed by atoms with Crippen LogP contribution in [-0.2, 0) is 22.6 Å². The fraction of sp³-hybridized carbons (Fsp3) is 0.452. The highest BCUT2D eigenvalue weighted by Crippen LogP contribution is 2.19. The van der Waals surface area contributed by atoms with Crippen LogP contribution < -0.4 is 16.0 Å². The summed E-state index contributed by atoms with van der Waals surface area (Å²) >= 11 is 0. The molecular weight excluding hydrogens is 552 g/mol. The summed E-state index contributed by atoms with van der Waals surface area (Å²) in [6.07, 6.45) is 5.97. The van der Waals surface area contributed by atoms with Crippen LogP contribution in [-0.4, -0.2) is 69.2 Å². The number of hydrogen-bond acceptors (Lipinski definition) is 6. The molecule has 0 bridgehead atoms. The first-order valence-corrected chi connectivity index (χ1v) is 14.8. The van der Waals surface area contributed by atoms with Gasteiger partial charge in [-0.15, -0.1) is 0 Å². The molecule has 230 valence electrons. The first-order valence-electron chi connectivity index (χ1n) is 14.8. The number of ether oxygens (including phenoxy) is 1. The number of amides is 4. The Morgan fingerprint density at radius 3 is 2.49 bits per heavy atom. The Kier molecular flexibility index (Phi) is 11.3. The van der Waals surface area contributed by atoms with Gasteiger partial charge in [-0.05, 0) is 49.1 Å². The average Bonchev–Trinajstić information content (AvgIpc) is 3.42. The number of aromatic nitrogens is 2. The van der Waals surface area contributed by atoms with Crippen LogP contribution >= 0.6 is 0 Å². The minimum absolute atomic E-state index is 0.146. The first-order chi connectivity index (χ1) is 20.8. The van der Waals surface area contributed by atoms with Crippen LogP contribution in [0.5, 0.6) is 0 Å². The number of carbonyl (C=O) groups excluding carboxylic acids is 3. The van der Waals surface area contributed by atoms with Gasteiger partial charge in [0.15, 0.2) is 0 Å². The maximum absolute atomic E-state index is 13.4. The van der Waals surface area contributed by atoms with Crippen molar-refractivity contribution in [3.8, 4) is 0 Å². The summed E-state index contributed by atoms with van der Waals surface area (Å²) in [5.74, 6) is -1.11. The van der Waals surface area contributed by atoms with Gasteiger partial charge in [-0.2, -0.15) is 0 Å². The Morgan fingerprint density at radius 2 is 1.79 bits per heavy atom. The number of para-hydroxylation sites is 2. The number of nitrogens with one attached hydrogen (secondary N) is 4. The lowest BCUT2D eigenvalue weighted by atomic mass is 9.96. The highest BCUT2D eigenvalue weighted by molar-refractivity contribution is 5.94. The molecule has 12 heteroatoms. The molecule has 2 aromatic carbocycles. The highest BCUT2D eigenvalue weighted by Gasteiger charge is 2.23. The second-order valence-corrected chi connectivity index (χ2v) is 10.8. The molecule has 1 aromatic heterocycles. The second-order valence-electron chi connectivity index (χ2n) is 10.8. The van der Waals surface area contributed by atoms with E-state index in [4.69, 9.17) is 4.74 Å². The summed E-state index contributed by atoms with van der Waals surface area (Å²) in [5.41, 5.74) is 2.85. The number of carbonyl (C=O) groups is 4. The molecule has 12 nitrogen and oxygen atoms in total. The van der Waals surface area contributed by atoms with Crippen molar-refractivity contribution in [2.24, 2.45) is 0 Å². The van der Waals surface area contributed by atoms with Gasteiger partial charge in [-0.25, -0.2) is 19.4 Å². The van der Waals surface area contributed by atoms with E-state index < -0.39 is 24.0 Å². The fourth-order valence-electron chi connectivity index (χ4n) is 4.95. The molecule has 4 rings (SSSR count). The average molecular weight is 593 g/mol.